The smallest absolute Gasteiger partial charge is 0.155 e. The molecule has 0 N–H and O–H groups in total. The number of hydrogen-bond donors (Lipinski definition) is 0. The van der Waals surface area contributed by atoms with Crippen molar-refractivity contribution in [2.24, 2.45) is 0 Å². The van der Waals surface area contributed by atoms with Gasteiger partial charge in [-0.1, -0.05) is 13.8 Å². The Morgan fingerprint density at radius 1 is 1.42 bits per heavy atom. The molecule has 0 atom stereocenters. The first-order valence-electron chi connectivity index (χ1n) is 4.07. The maximum atomic E-state index is 4.37. The van der Waals surface area contributed by atoms with Gasteiger partial charge in [0.2, 0.25) is 0 Å². The average molecular weight is 161 g/mol. The third-order valence-electron chi connectivity index (χ3n) is 1.85. The fourth-order valence-corrected chi connectivity index (χ4v) is 1.13. The van der Waals surface area contributed by atoms with Gasteiger partial charge in [-0.25, -0.2) is 9.50 Å². The summed E-state index contributed by atoms with van der Waals surface area (Å²) in [6.45, 7) is 4.25. The highest BCUT2D eigenvalue weighted by Crippen LogP contribution is 2.12. The molecule has 0 aliphatic carbocycles. The van der Waals surface area contributed by atoms with Crippen molar-refractivity contribution < 1.29 is 0 Å². The second-order valence-corrected chi connectivity index (χ2v) is 3.15. The quantitative estimate of drug-likeness (QED) is 0.639. The molecule has 0 fully saturated rings. The van der Waals surface area contributed by atoms with E-state index in [9.17, 15) is 0 Å². The molecule has 2 aromatic rings. The molecule has 0 saturated carbocycles. The van der Waals surface area contributed by atoms with Crippen LogP contribution in [0.5, 0.6) is 0 Å². The summed E-state index contributed by atoms with van der Waals surface area (Å²) in [5, 5.41) is 4.37. The molecule has 0 aromatic carbocycles. The maximum Gasteiger partial charge on any atom is 0.155 e. The molecule has 0 spiro atoms. The van der Waals surface area contributed by atoms with E-state index in [1.54, 1.807) is 10.7 Å². The molecule has 62 valence electrons. The Balaban J connectivity index is 2.62. The largest absolute Gasteiger partial charge is 0.237 e. The summed E-state index contributed by atoms with van der Waals surface area (Å²) in [7, 11) is 0. The van der Waals surface area contributed by atoms with Crippen molar-refractivity contribution in [2.45, 2.75) is 19.8 Å². The standard InChI is InChI=1S/C9H11N3/c1-7(2)8-6-9-10-4-3-5-12(9)11-8/h3-7H,1-2H3. The van der Waals surface area contributed by atoms with Gasteiger partial charge in [-0.05, 0) is 12.0 Å². The lowest BCUT2D eigenvalue weighted by Crippen LogP contribution is -1.90. The summed E-state index contributed by atoms with van der Waals surface area (Å²) >= 11 is 0. The molecule has 2 rings (SSSR count). The molecule has 2 heterocycles. The Morgan fingerprint density at radius 2 is 2.25 bits per heavy atom. The van der Waals surface area contributed by atoms with Crippen molar-refractivity contribution in [3.63, 3.8) is 0 Å². The highest BCUT2D eigenvalue weighted by Gasteiger charge is 2.04. The zero-order chi connectivity index (χ0) is 8.55. The van der Waals surface area contributed by atoms with Gasteiger partial charge >= 0.3 is 0 Å². The normalized spacial score (nSPS) is 11.2. The summed E-state index contributed by atoms with van der Waals surface area (Å²) in [6.07, 6.45) is 3.69. The van der Waals surface area contributed by atoms with Crippen molar-refractivity contribution >= 4 is 5.65 Å². The molecule has 12 heavy (non-hydrogen) atoms. The van der Waals surface area contributed by atoms with E-state index in [4.69, 9.17) is 0 Å². The Hall–Kier alpha value is -1.38. The molecule has 3 heteroatoms. The first kappa shape index (κ1) is 7.28. The van der Waals surface area contributed by atoms with E-state index in [0.29, 0.717) is 5.92 Å². The number of aromatic nitrogens is 3. The summed E-state index contributed by atoms with van der Waals surface area (Å²) in [6, 6.07) is 3.90. The van der Waals surface area contributed by atoms with Crippen LogP contribution in [0.1, 0.15) is 25.5 Å². The second kappa shape index (κ2) is 2.59. The summed E-state index contributed by atoms with van der Waals surface area (Å²) in [5.74, 6) is 0.465. The lowest BCUT2D eigenvalue weighted by molar-refractivity contribution is 0.786. The molecular weight excluding hydrogens is 150 g/mol. The van der Waals surface area contributed by atoms with Gasteiger partial charge in [0.1, 0.15) is 0 Å². The van der Waals surface area contributed by atoms with Crippen molar-refractivity contribution in [1.29, 1.82) is 0 Å². The van der Waals surface area contributed by atoms with Crippen molar-refractivity contribution in [1.82, 2.24) is 14.6 Å². The molecule has 3 nitrogen and oxygen atoms in total. The van der Waals surface area contributed by atoms with Gasteiger partial charge in [0.05, 0.1) is 5.69 Å². The predicted molar refractivity (Wildman–Crippen MR) is 47.1 cm³/mol. The topological polar surface area (TPSA) is 30.2 Å². The summed E-state index contributed by atoms with van der Waals surface area (Å²) < 4.78 is 1.80. The van der Waals surface area contributed by atoms with E-state index in [2.05, 4.69) is 23.9 Å². The number of nitrogens with zero attached hydrogens (tertiary/aromatic N) is 3. The summed E-state index contributed by atoms with van der Waals surface area (Å²) in [4.78, 5) is 4.18. The van der Waals surface area contributed by atoms with Crippen LogP contribution < -0.4 is 0 Å². The molecule has 0 saturated heterocycles. The Bertz CT molecular complexity index is 356. The zero-order valence-electron chi connectivity index (χ0n) is 7.23. The van der Waals surface area contributed by atoms with E-state index in [1.165, 1.54) is 0 Å². The molecule has 0 aliphatic heterocycles. The van der Waals surface area contributed by atoms with E-state index in [0.717, 1.165) is 11.3 Å². The van der Waals surface area contributed by atoms with E-state index >= 15 is 0 Å². The second-order valence-electron chi connectivity index (χ2n) is 3.15. The Morgan fingerprint density at radius 3 is 2.92 bits per heavy atom. The van der Waals surface area contributed by atoms with Crippen molar-refractivity contribution in [3.05, 3.63) is 30.2 Å². The zero-order valence-corrected chi connectivity index (χ0v) is 7.23. The lowest BCUT2D eigenvalue weighted by Gasteiger charge is -1.94. The van der Waals surface area contributed by atoms with Crippen LogP contribution in [0.4, 0.5) is 0 Å². The van der Waals surface area contributed by atoms with Gasteiger partial charge in [-0.15, -0.1) is 0 Å². The minimum absolute atomic E-state index is 0.465. The molecule has 2 aromatic heterocycles. The highest BCUT2D eigenvalue weighted by molar-refractivity contribution is 5.38. The lowest BCUT2D eigenvalue weighted by atomic mass is 10.1. The van der Waals surface area contributed by atoms with E-state index in [-0.39, 0.29) is 0 Å². The number of rotatable bonds is 1. The maximum absolute atomic E-state index is 4.37. The molecule has 0 bridgehead atoms. The van der Waals surface area contributed by atoms with Gasteiger partial charge in [0.15, 0.2) is 5.65 Å². The molecule has 0 amide bonds. The molecular formula is C9H11N3. The van der Waals surface area contributed by atoms with E-state index < -0.39 is 0 Å². The van der Waals surface area contributed by atoms with Crippen LogP contribution in [0.15, 0.2) is 24.5 Å². The number of hydrogen-bond acceptors (Lipinski definition) is 2. The van der Waals surface area contributed by atoms with Gasteiger partial charge in [-0.3, -0.25) is 0 Å². The van der Waals surface area contributed by atoms with Crippen LogP contribution in [0.25, 0.3) is 5.65 Å². The minimum Gasteiger partial charge on any atom is -0.237 e. The van der Waals surface area contributed by atoms with Crippen LogP contribution in [0.2, 0.25) is 0 Å². The van der Waals surface area contributed by atoms with Crippen LogP contribution >= 0.6 is 0 Å². The third kappa shape index (κ3) is 1.07. The van der Waals surface area contributed by atoms with Gasteiger partial charge in [0, 0.05) is 18.5 Å². The van der Waals surface area contributed by atoms with Crippen LogP contribution in [-0.4, -0.2) is 14.6 Å². The van der Waals surface area contributed by atoms with Gasteiger partial charge in [0.25, 0.3) is 0 Å². The Labute approximate surface area is 71.1 Å². The Kier molecular flexibility index (Phi) is 1.57. The van der Waals surface area contributed by atoms with Gasteiger partial charge in [-0.2, -0.15) is 5.10 Å². The fourth-order valence-electron chi connectivity index (χ4n) is 1.13. The van der Waals surface area contributed by atoms with Crippen molar-refractivity contribution in [3.8, 4) is 0 Å². The van der Waals surface area contributed by atoms with Crippen LogP contribution in [0.3, 0.4) is 0 Å². The highest BCUT2D eigenvalue weighted by atomic mass is 15.2. The van der Waals surface area contributed by atoms with Crippen molar-refractivity contribution in [2.75, 3.05) is 0 Å². The fraction of sp³-hybridized carbons (Fsp3) is 0.333. The monoisotopic (exact) mass is 161 g/mol. The number of fused-ring (bicyclic) bond motifs is 1. The minimum atomic E-state index is 0.465. The molecule has 0 radical (unpaired) electrons. The van der Waals surface area contributed by atoms with E-state index in [1.807, 2.05) is 18.3 Å². The molecule has 0 aliphatic rings. The molecule has 0 unspecified atom stereocenters. The SMILES string of the molecule is CC(C)c1cc2ncccn2n1. The first-order valence-corrected chi connectivity index (χ1v) is 4.07. The first-order chi connectivity index (χ1) is 5.77. The van der Waals surface area contributed by atoms with Crippen LogP contribution in [-0.2, 0) is 0 Å². The summed E-state index contributed by atoms with van der Waals surface area (Å²) in [5.41, 5.74) is 2.01. The van der Waals surface area contributed by atoms with Gasteiger partial charge < -0.3 is 0 Å². The third-order valence-corrected chi connectivity index (χ3v) is 1.85. The average Bonchev–Trinajstić information content (AvgIpc) is 2.46. The van der Waals surface area contributed by atoms with Crippen LogP contribution in [0, 0.1) is 0 Å². The predicted octanol–water partition coefficient (Wildman–Crippen LogP) is 1.85.